The van der Waals surface area contributed by atoms with Gasteiger partial charge in [0, 0.05) is 0 Å². The van der Waals surface area contributed by atoms with Gasteiger partial charge in [-0.15, -0.1) is 0 Å². The minimum atomic E-state index is -3.04. The van der Waals surface area contributed by atoms with Crippen molar-refractivity contribution in [2.24, 2.45) is 0 Å². The Labute approximate surface area is 139 Å². The maximum Gasteiger partial charge on any atom is 0.156 e. The summed E-state index contributed by atoms with van der Waals surface area (Å²) < 4.78 is 29.0. The van der Waals surface area contributed by atoms with E-state index in [1.165, 1.54) is 11.1 Å². The lowest BCUT2D eigenvalue weighted by Crippen LogP contribution is -2.15. The van der Waals surface area contributed by atoms with E-state index < -0.39 is 9.84 Å². The first-order valence-electron chi connectivity index (χ1n) is 7.83. The van der Waals surface area contributed by atoms with Crippen LogP contribution in [0.15, 0.2) is 48.5 Å². The Morgan fingerprint density at radius 3 is 1.70 bits per heavy atom. The Bertz CT molecular complexity index is 714. The van der Waals surface area contributed by atoms with Crippen LogP contribution in [0.3, 0.4) is 0 Å². The van der Waals surface area contributed by atoms with Gasteiger partial charge < -0.3 is 4.74 Å². The van der Waals surface area contributed by atoms with E-state index in [-0.39, 0.29) is 11.0 Å². The summed E-state index contributed by atoms with van der Waals surface area (Å²) in [6.07, 6.45) is 1.89. The van der Waals surface area contributed by atoms with E-state index in [1.54, 1.807) is 21.0 Å². The summed E-state index contributed by atoms with van der Waals surface area (Å²) in [4.78, 5) is 0. The molecule has 0 aromatic heterocycles. The molecule has 0 aliphatic rings. The molecular weight excluding hydrogens is 308 g/mol. The largest absolute Gasteiger partial charge is 0.497 e. The highest BCUT2D eigenvalue weighted by Crippen LogP contribution is 2.15. The van der Waals surface area contributed by atoms with E-state index >= 15 is 0 Å². The monoisotopic (exact) mass is 332 g/mol. The van der Waals surface area contributed by atoms with E-state index in [4.69, 9.17) is 4.74 Å². The van der Waals surface area contributed by atoms with Crippen LogP contribution in [0, 0.1) is 0 Å². The number of hydrogen-bond donors (Lipinski definition) is 0. The fraction of sp³-hybridized carbons (Fsp3) is 0.368. The third-order valence-electron chi connectivity index (χ3n) is 3.97. The number of benzene rings is 2. The fourth-order valence-electron chi connectivity index (χ4n) is 2.28. The van der Waals surface area contributed by atoms with Crippen LogP contribution in [0.2, 0.25) is 0 Å². The van der Waals surface area contributed by atoms with Gasteiger partial charge in [0.2, 0.25) is 0 Å². The van der Waals surface area contributed by atoms with Crippen LogP contribution < -0.4 is 4.74 Å². The normalized spacial score (nSPS) is 11.7. The zero-order valence-corrected chi connectivity index (χ0v) is 14.8. The second-order valence-electron chi connectivity index (χ2n) is 6.02. The van der Waals surface area contributed by atoms with Gasteiger partial charge in [-0.25, -0.2) is 8.42 Å². The molecule has 0 unspecified atom stereocenters. The fourth-order valence-corrected chi connectivity index (χ4v) is 3.27. The second-order valence-corrected chi connectivity index (χ2v) is 8.58. The topological polar surface area (TPSA) is 43.4 Å². The average Bonchev–Trinajstić information content (AvgIpc) is 2.54. The highest BCUT2D eigenvalue weighted by atomic mass is 32.2. The van der Waals surface area contributed by atoms with Gasteiger partial charge in [-0.05, 0) is 55.5 Å². The van der Waals surface area contributed by atoms with Crippen molar-refractivity contribution in [3.05, 3.63) is 65.2 Å². The molecule has 0 aliphatic carbocycles. The first kappa shape index (κ1) is 17.5. The molecule has 4 heteroatoms. The Morgan fingerprint density at radius 1 is 0.826 bits per heavy atom. The van der Waals surface area contributed by atoms with Crippen molar-refractivity contribution in [2.75, 3.05) is 7.11 Å². The molecule has 0 radical (unpaired) electrons. The van der Waals surface area contributed by atoms with E-state index in [0.29, 0.717) is 0 Å². The summed E-state index contributed by atoms with van der Waals surface area (Å²) in [5.74, 6) is 0.980. The SMILES string of the molecule is COc1ccc(CCc2ccc(CS(=O)(=O)C(C)C)cc2)cc1. The van der Waals surface area contributed by atoms with Crippen molar-refractivity contribution in [2.45, 2.75) is 37.7 Å². The van der Waals surface area contributed by atoms with Crippen molar-refractivity contribution < 1.29 is 13.2 Å². The van der Waals surface area contributed by atoms with Crippen LogP contribution in [0.4, 0.5) is 0 Å². The third-order valence-corrected chi connectivity index (χ3v) is 6.14. The van der Waals surface area contributed by atoms with Gasteiger partial charge in [0.1, 0.15) is 5.75 Å². The highest BCUT2D eigenvalue weighted by Gasteiger charge is 2.16. The number of ether oxygens (including phenoxy) is 1. The molecule has 2 rings (SSSR count). The van der Waals surface area contributed by atoms with Crippen molar-refractivity contribution in [3.8, 4) is 5.75 Å². The molecule has 0 bridgehead atoms. The summed E-state index contributed by atoms with van der Waals surface area (Å²) in [6, 6.07) is 16.0. The number of methoxy groups -OCH3 is 1. The quantitative estimate of drug-likeness (QED) is 0.774. The Morgan fingerprint density at radius 2 is 1.26 bits per heavy atom. The Balaban J connectivity index is 1.94. The summed E-state index contributed by atoms with van der Waals surface area (Å²) in [5.41, 5.74) is 3.33. The number of aryl methyl sites for hydroxylation is 2. The van der Waals surface area contributed by atoms with Gasteiger partial charge in [0.15, 0.2) is 9.84 Å². The van der Waals surface area contributed by atoms with Crippen LogP contribution in [0.5, 0.6) is 5.75 Å². The molecule has 2 aromatic rings. The molecule has 23 heavy (non-hydrogen) atoms. The molecule has 0 atom stereocenters. The summed E-state index contributed by atoms with van der Waals surface area (Å²) in [5, 5.41) is -0.336. The molecule has 0 spiro atoms. The lowest BCUT2D eigenvalue weighted by molar-refractivity contribution is 0.414. The van der Waals surface area contributed by atoms with E-state index in [2.05, 4.69) is 12.1 Å². The lowest BCUT2D eigenvalue weighted by atomic mass is 10.0. The van der Waals surface area contributed by atoms with Crippen LogP contribution >= 0.6 is 0 Å². The van der Waals surface area contributed by atoms with Gasteiger partial charge in [-0.1, -0.05) is 36.4 Å². The van der Waals surface area contributed by atoms with Crippen LogP contribution in [-0.4, -0.2) is 20.8 Å². The minimum Gasteiger partial charge on any atom is -0.497 e. The van der Waals surface area contributed by atoms with Crippen molar-refractivity contribution in [1.29, 1.82) is 0 Å². The molecule has 3 nitrogen and oxygen atoms in total. The number of hydrogen-bond acceptors (Lipinski definition) is 3. The molecule has 0 amide bonds. The lowest BCUT2D eigenvalue weighted by Gasteiger charge is -2.08. The van der Waals surface area contributed by atoms with Gasteiger partial charge >= 0.3 is 0 Å². The summed E-state index contributed by atoms with van der Waals surface area (Å²) in [6.45, 7) is 3.44. The Kier molecular flexibility index (Phi) is 5.83. The Hall–Kier alpha value is -1.81. The number of sulfone groups is 1. The molecule has 0 saturated carbocycles. The van der Waals surface area contributed by atoms with E-state index in [1.807, 2.05) is 36.4 Å². The van der Waals surface area contributed by atoms with Gasteiger partial charge in [-0.2, -0.15) is 0 Å². The van der Waals surface area contributed by atoms with Crippen molar-refractivity contribution in [3.63, 3.8) is 0 Å². The predicted molar refractivity (Wildman–Crippen MR) is 94.6 cm³/mol. The predicted octanol–water partition coefficient (Wildman–Crippen LogP) is 3.80. The standard InChI is InChI=1S/C19H24O3S/c1-15(2)23(20,21)14-18-8-6-16(7-9-18)4-5-17-10-12-19(22-3)13-11-17/h6-13,15H,4-5,14H2,1-3H3. The molecule has 0 fully saturated rings. The molecule has 0 saturated heterocycles. The minimum absolute atomic E-state index is 0.115. The third kappa shape index (κ3) is 5.10. The zero-order valence-electron chi connectivity index (χ0n) is 14.0. The number of rotatable bonds is 7. The van der Waals surface area contributed by atoms with Gasteiger partial charge in [0.25, 0.3) is 0 Å². The molecule has 124 valence electrons. The van der Waals surface area contributed by atoms with Crippen LogP contribution in [0.1, 0.15) is 30.5 Å². The summed E-state index contributed by atoms with van der Waals surface area (Å²) >= 11 is 0. The second kappa shape index (κ2) is 7.64. The van der Waals surface area contributed by atoms with E-state index in [0.717, 1.165) is 24.2 Å². The zero-order chi connectivity index (χ0) is 16.9. The first-order valence-corrected chi connectivity index (χ1v) is 9.54. The van der Waals surface area contributed by atoms with Crippen LogP contribution in [-0.2, 0) is 28.4 Å². The van der Waals surface area contributed by atoms with Gasteiger partial charge in [-0.3, -0.25) is 0 Å². The van der Waals surface area contributed by atoms with Crippen LogP contribution in [0.25, 0.3) is 0 Å². The van der Waals surface area contributed by atoms with Crippen molar-refractivity contribution in [1.82, 2.24) is 0 Å². The summed E-state index contributed by atoms with van der Waals surface area (Å²) in [7, 11) is -1.38. The van der Waals surface area contributed by atoms with Crippen molar-refractivity contribution >= 4 is 9.84 Å². The molecule has 0 aliphatic heterocycles. The molecular formula is C19H24O3S. The average molecular weight is 332 g/mol. The van der Waals surface area contributed by atoms with E-state index in [9.17, 15) is 8.42 Å². The molecule has 2 aromatic carbocycles. The maximum absolute atomic E-state index is 11.9. The smallest absolute Gasteiger partial charge is 0.156 e. The highest BCUT2D eigenvalue weighted by molar-refractivity contribution is 7.91. The molecule has 0 heterocycles. The first-order chi connectivity index (χ1) is 10.9. The molecule has 0 N–H and O–H groups in total. The van der Waals surface area contributed by atoms with Gasteiger partial charge in [0.05, 0.1) is 18.1 Å². The maximum atomic E-state index is 11.9.